The third-order valence-electron chi connectivity index (χ3n) is 4.12. The number of sulfone groups is 1. The molecule has 1 amide bonds. The van der Waals surface area contributed by atoms with Gasteiger partial charge in [-0.25, -0.2) is 12.8 Å². The monoisotopic (exact) mass is 449 g/mol. The molecule has 1 aromatic heterocycles. The minimum absolute atomic E-state index is 0.0197. The second-order valence-corrected chi connectivity index (χ2v) is 10.3. The second kappa shape index (κ2) is 9.40. The van der Waals surface area contributed by atoms with Crippen molar-refractivity contribution in [3.8, 4) is 0 Å². The first-order valence-corrected chi connectivity index (χ1v) is 11.6. The lowest BCUT2D eigenvalue weighted by atomic mass is 10.1. The molecule has 0 saturated heterocycles. The standard InChI is InChI=1S/C20H20FN3O4S2/c1-13(2)30(26,27)17-9-3-14(4-10-17)11-19-23-24-20(28-19)22-18(25)12-29-16-7-5-15(21)6-8-16/h3-10,13H,11-12H2,1-2H3,(H,22,24,25). The largest absolute Gasteiger partial charge is 0.407 e. The first kappa shape index (κ1) is 22.0. The van der Waals surface area contributed by atoms with Crippen LogP contribution in [0.25, 0.3) is 0 Å². The predicted molar refractivity (Wildman–Crippen MR) is 112 cm³/mol. The fourth-order valence-corrected chi connectivity index (χ4v) is 4.21. The first-order valence-electron chi connectivity index (χ1n) is 9.07. The zero-order valence-electron chi connectivity index (χ0n) is 16.3. The van der Waals surface area contributed by atoms with Gasteiger partial charge in [-0.2, -0.15) is 0 Å². The van der Waals surface area contributed by atoms with Crippen LogP contribution in [0.5, 0.6) is 0 Å². The number of carbonyl (C=O) groups excluding carboxylic acids is 1. The Morgan fingerprint density at radius 3 is 2.40 bits per heavy atom. The van der Waals surface area contributed by atoms with Crippen LogP contribution >= 0.6 is 11.8 Å². The molecule has 0 aliphatic rings. The summed E-state index contributed by atoms with van der Waals surface area (Å²) < 4.78 is 42.7. The van der Waals surface area contributed by atoms with Crippen LogP contribution in [0.15, 0.2) is 62.7 Å². The van der Waals surface area contributed by atoms with Crippen molar-refractivity contribution in [1.82, 2.24) is 10.2 Å². The van der Waals surface area contributed by atoms with Crippen molar-refractivity contribution in [2.45, 2.75) is 35.3 Å². The van der Waals surface area contributed by atoms with Gasteiger partial charge in [0.15, 0.2) is 9.84 Å². The number of thioether (sulfide) groups is 1. The molecule has 0 fully saturated rings. The van der Waals surface area contributed by atoms with Gasteiger partial charge < -0.3 is 4.42 Å². The summed E-state index contributed by atoms with van der Waals surface area (Å²) in [6, 6.07) is 12.3. The molecule has 3 rings (SSSR count). The molecule has 0 bridgehead atoms. The molecular formula is C20H20FN3O4S2. The highest BCUT2D eigenvalue weighted by Crippen LogP contribution is 2.20. The lowest BCUT2D eigenvalue weighted by Crippen LogP contribution is -2.14. The predicted octanol–water partition coefficient (Wildman–Crippen LogP) is 3.71. The molecule has 1 heterocycles. The van der Waals surface area contributed by atoms with Crippen molar-refractivity contribution < 1.29 is 22.0 Å². The maximum atomic E-state index is 12.9. The van der Waals surface area contributed by atoms with Gasteiger partial charge in [0.2, 0.25) is 11.8 Å². The Bertz CT molecular complexity index is 1110. The number of anilines is 1. The maximum Gasteiger partial charge on any atom is 0.322 e. The molecular weight excluding hydrogens is 429 g/mol. The van der Waals surface area contributed by atoms with Gasteiger partial charge in [-0.05, 0) is 55.8 Å². The van der Waals surface area contributed by atoms with E-state index < -0.39 is 15.1 Å². The van der Waals surface area contributed by atoms with Crippen molar-refractivity contribution in [2.75, 3.05) is 11.1 Å². The normalized spacial score (nSPS) is 11.6. The third kappa shape index (κ3) is 5.67. The summed E-state index contributed by atoms with van der Waals surface area (Å²) in [7, 11) is -3.32. The van der Waals surface area contributed by atoms with Crippen LogP contribution < -0.4 is 5.32 Å². The number of hydrogen-bond acceptors (Lipinski definition) is 7. The molecule has 10 heteroatoms. The van der Waals surface area contributed by atoms with E-state index in [-0.39, 0.29) is 34.3 Å². The quantitative estimate of drug-likeness (QED) is 0.523. The molecule has 30 heavy (non-hydrogen) atoms. The van der Waals surface area contributed by atoms with Crippen LogP contribution in [-0.4, -0.2) is 35.5 Å². The highest BCUT2D eigenvalue weighted by Gasteiger charge is 2.19. The number of nitrogens with one attached hydrogen (secondary N) is 1. The van der Waals surface area contributed by atoms with Gasteiger partial charge in [-0.15, -0.1) is 16.9 Å². The highest BCUT2D eigenvalue weighted by atomic mass is 32.2. The summed E-state index contributed by atoms with van der Waals surface area (Å²) in [5, 5.41) is 9.71. The van der Waals surface area contributed by atoms with E-state index in [1.807, 2.05) is 0 Å². The van der Waals surface area contributed by atoms with Crippen molar-refractivity contribution in [3.05, 3.63) is 65.8 Å². The average molecular weight is 450 g/mol. The number of nitrogens with zero attached hydrogens (tertiary/aromatic N) is 2. The average Bonchev–Trinajstić information content (AvgIpc) is 3.14. The maximum absolute atomic E-state index is 12.9. The van der Waals surface area contributed by atoms with Gasteiger partial charge in [0.05, 0.1) is 22.3 Å². The number of rotatable bonds is 8. The minimum atomic E-state index is -3.32. The minimum Gasteiger partial charge on any atom is -0.407 e. The second-order valence-electron chi connectivity index (χ2n) is 6.71. The van der Waals surface area contributed by atoms with Crippen LogP contribution in [0.4, 0.5) is 10.4 Å². The fourth-order valence-electron chi connectivity index (χ4n) is 2.45. The van der Waals surface area contributed by atoms with Crippen molar-refractivity contribution >= 4 is 33.5 Å². The zero-order valence-corrected chi connectivity index (χ0v) is 18.0. The Labute approximate surface area is 178 Å². The van der Waals surface area contributed by atoms with Gasteiger partial charge in [0, 0.05) is 4.90 Å². The molecule has 0 spiro atoms. The molecule has 0 radical (unpaired) electrons. The summed E-state index contributed by atoms with van der Waals surface area (Å²) in [5.41, 5.74) is 0.797. The van der Waals surface area contributed by atoms with Crippen LogP contribution in [0.3, 0.4) is 0 Å². The summed E-state index contributed by atoms with van der Waals surface area (Å²) in [5.74, 6) is -0.271. The lowest BCUT2D eigenvalue weighted by Gasteiger charge is -2.08. The number of amides is 1. The summed E-state index contributed by atoms with van der Waals surface area (Å²) in [4.78, 5) is 13.0. The number of benzene rings is 2. The topological polar surface area (TPSA) is 102 Å². The summed E-state index contributed by atoms with van der Waals surface area (Å²) in [6.45, 7) is 3.27. The van der Waals surface area contributed by atoms with Crippen LogP contribution in [0.2, 0.25) is 0 Å². The molecule has 158 valence electrons. The van der Waals surface area contributed by atoms with Gasteiger partial charge in [-0.3, -0.25) is 10.1 Å². The van der Waals surface area contributed by atoms with Crippen molar-refractivity contribution in [1.29, 1.82) is 0 Å². The molecule has 3 aromatic rings. The Morgan fingerprint density at radius 2 is 1.77 bits per heavy atom. The van der Waals surface area contributed by atoms with E-state index in [2.05, 4.69) is 15.5 Å². The van der Waals surface area contributed by atoms with Gasteiger partial charge >= 0.3 is 6.01 Å². The first-order chi connectivity index (χ1) is 14.2. The third-order valence-corrected chi connectivity index (χ3v) is 7.31. The van der Waals surface area contributed by atoms with Crippen molar-refractivity contribution in [2.24, 2.45) is 0 Å². The Kier molecular flexibility index (Phi) is 6.88. The summed E-state index contributed by atoms with van der Waals surface area (Å²) in [6.07, 6.45) is 0.301. The van der Waals surface area contributed by atoms with Crippen LogP contribution in [0, 0.1) is 5.82 Å². The number of halogens is 1. The van der Waals surface area contributed by atoms with E-state index >= 15 is 0 Å². The highest BCUT2D eigenvalue weighted by molar-refractivity contribution is 8.00. The Morgan fingerprint density at radius 1 is 1.10 bits per heavy atom. The fraction of sp³-hybridized carbons (Fsp3) is 0.250. The zero-order chi connectivity index (χ0) is 21.7. The smallest absolute Gasteiger partial charge is 0.322 e. The van der Waals surface area contributed by atoms with E-state index in [0.717, 1.165) is 10.5 Å². The van der Waals surface area contributed by atoms with E-state index in [1.165, 1.54) is 23.9 Å². The molecule has 1 N–H and O–H groups in total. The molecule has 7 nitrogen and oxygen atoms in total. The van der Waals surface area contributed by atoms with Gasteiger partial charge in [0.25, 0.3) is 0 Å². The van der Waals surface area contributed by atoms with Gasteiger partial charge in [0.1, 0.15) is 5.82 Å². The van der Waals surface area contributed by atoms with E-state index in [4.69, 9.17) is 4.42 Å². The van der Waals surface area contributed by atoms with Crippen LogP contribution in [0.1, 0.15) is 25.3 Å². The van der Waals surface area contributed by atoms with E-state index in [0.29, 0.717) is 6.42 Å². The molecule has 0 unspecified atom stereocenters. The van der Waals surface area contributed by atoms with E-state index in [9.17, 15) is 17.6 Å². The number of carbonyl (C=O) groups is 1. The van der Waals surface area contributed by atoms with E-state index in [1.54, 1.807) is 50.2 Å². The van der Waals surface area contributed by atoms with Crippen LogP contribution in [-0.2, 0) is 21.1 Å². The number of aromatic nitrogens is 2. The molecule has 0 saturated carbocycles. The molecule has 0 aliphatic carbocycles. The molecule has 2 aromatic carbocycles. The van der Waals surface area contributed by atoms with Gasteiger partial charge in [-0.1, -0.05) is 17.2 Å². The Hall–Kier alpha value is -2.72. The number of hydrogen-bond donors (Lipinski definition) is 1. The molecule has 0 aliphatic heterocycles. The summed E-state index contributed by atoms with van der Waals surface area (Å²) >= 11 is 1.25. The molecule has 0 atom stereocenters. The Balaban J connectivity index is 1.54. The SMILES string of the molecule is CC(C)S(=O)(=O)c1ccc(Cc2nnc(NC(=O)CSc3ccc(F)cc3)o2)cc1. The lowest BCUT2D eigenvalue weighted by molar-refractivity contribution is -0.113. The van der Waals surface area contributed by atoms with Crippen molar-refractivity contribution in [3.63, 3.8) is 0 Å².